The number of hydrogen-bond donors (Lipinski definition) is 2. The third-order valence-electron chi connectivity index (χ3n) is 7.07. The molecule has 3 saturated heterocycles. The first-order chi connectivity index (χ1) is 17.9. The second kappa shape index (κ2) is 9.44. The first-order valence-corrected chi connectivity index (χ1v) is 12.4. The lowest BCUT2D eigenvalue weighted by Gasteiger charge is -2.56. The molecule has 3 aromatic heterocycles. The van der Waals surface area contributed by atoms with Crippen molar-refractivity contribution in [3.05, 3.63) is 71.4 Å². The molecule has 9 nitrogen and oxygen atoms in total. The summed E-state index contributed by atoms with van der Waals surface area (Å²) in [4.78, 5) is 18.8. The van der Waals surface area contributed by atoms with Crippen LogP contribution in [-0.2, 0) is 6.54 Å². The molecular weight excluding hydrogens is 471 g/mol. The number of aromatic amines is 1. The van der Waals surface area contributed by atoms with Crippen LogP contribution < -0.4 is 15.0 Å². The van der Waals surface area contributed by atoms with Crippen LogP contribution in [0.4, 0.5) is 21.8 Å². The number of halogens is 1. The number of nitrogens with one attached hydrogen (secondary N) is 2. The number of anilines is 3. The van der Waals surface area contributed by atoms with Gasteiger partial charge in [-0.15, -0.1) is 0 Å². The summed E-state index contributed by atoms with van der Waals surface area (Å²) in [6.07, 6.45) is 3.00. The lowest BCUT2D eigenvalue weighted by molar-refractivity contribution is -0.00875. The molecule has 1 aromatic carbocycles. The molecule has 0 saturated carbocycles. The van der Waals surface area contributed by atoms with Gasteiger partial charge in [-0.2, -0.15) is 5.10 Å². The van der Waals surface area contributed by atoms with Gasteiger partial charge >= 0.3 is 0 Å². The van der Waals surface area contributed by atoms with E-state index in [2.05, 4.69) is 35.3 Å². The highest BCUT2D eigenvalue weighted by molar-refractivity contribution is 5.61. The smallest absolute Gasteiger partial charge is 0.165 e. The van der Waals surface area contributed by atoms with Gasteiger partial charge in [0.1, 0.15) is 11.6 Å². The van der Waals surface area contributed by atoms with Gasteiger partial charge in [-0.25, -0.2) is 19.3 Å². The molecule has 2 atom stereocenters. The zero-order valence-electron chi connectivity index (χ0n) is 21.1. The number of hydrogen-bond acceptors (Lipinski definition) is 8. The molecule has 0 radical (unpaired) electrons. The molecular formula is C27H29FN8O. The van der Waals surface area contributed by atoms with E-state index in [-0.39, 0.29) is 11.6 Å². The lowest BCUT2D eigenvalue weighted by Crippen LogP contribution is -2.68. The number of benzene rings is 1. The first-order valence-electron chi connectivity index (χ1n) is 12.4. The molecule has 3 fully saturated rings. The number of ether oxygens (including phenoxy) is 1. The number of piperazine rings is 1. The number of piperidine rings is 1. The van der Waals surface area contributed by atoms with Crippen molar-refractivity contribution in [3.8, 4) is 17.1 Å². The summed E-state index contributed by atoms with van der Waals surface area (Å²) in [5.74, 6) is 2.94. The van der Waals surface area contributed by atoms with Gasteiger partial charge in [0.25, 0.3) is 0 Å². The maximum absolute atomic E-state index is 14.1. The normalized spacial score (nSPS) is 19.0. The van der Waals surface area contributed by atoms with Crippen LogP contribution in [0.15, 0.2) is 48.7 Å². The zero-order chi connectivity index (χ0) is 25.5. The van der Waals surface area contributed by atoms with Gasteiger partial charge in [-0.05, 0) is 50.1 Å². The molecule has 0 amide bonds. The number of methoxy groups -OCH3 is 1. The second-order valence-electron chi connectivity index (χ2n) is 9.77. The summed E-state index contributed by atoms with van der Waals surface area (Å²) in [5.41, 5.74) is 3.66. The van der Waals surface area contributed by atoms with Crippen LogP contribution in [0.3, 0.4) is 0 Å². The fraction of sp³-hybridized carbons (Fsp3) is 0.333. The highest BCUT2D eigenvalue weighted by atomic mass is 19.1. The number of rotatable bonds is 7. The van der Waals surface area contributed by atoms with E-state index in [0.717, 1.165) is 54.4 Å². The summed E-state index contributed by atoms with van der Waals surface area (Å²) in [7, 11) is 1.48. The standard InChI is InChI=1S/C27H29FN8O/c1-16-8-24(31-25-9-17(2)33-34-25)32-27(30-16)19-5-7-26(29-12-19)35-14-20-11-21(15-35)36(20)13-18-4-6-23(37-3)22(28)10-18/h4-10,12,20-21H,11,13-15H2,1-3H3,(H2,30,31,32,33,34). The van der Waals surface area contributed by atoms with Crippen molar-refractivity contribution < 1.29 is 9.13 Å². The Morgan fingerprint density at radius 2 is 1.89 bits per heavy atom. The average Bonchev–Trinajstić information content (AvgIpc) is 3.31. The van der Waals surface area contributed by atoms with Crippen molar-refractivity contribution in [3.63, 3.8) is 0 Å². The van der Waals surface area contributed by atoms with Gasteiger partial charge in [-0.3, -0.25) is 10.00 Å². The first kappa shape index (κ1) is 23.4. The van der Waals surface area contributed by atoms with Gasteiger partial charge in [0.2, 0.25) is 0 Å². The predicted octanol–water partition coefficient (Wildman–Crippen LogP) is 4.23. The van der Waals surface area contributed by atoms with E-state index in [1.807, 2.05) is 50.4 Å². The van der Waals surface area contributed by atoms with Crippen LogP contribution in [0.5, 0.6) is 5.75 Å². The number of pyridine rings is 1. The summed E-state index contributed by atoms with van der Waals surface area (Å²) in [6.45, 7) is 6.45. The fourth-order valence-electron chi connectivity index (χ4n) is 5.23. The van der Waals surface area contributed by atoms with Crippen LogP contribution in [0.25, 0.3) is 11.4 Å². The highest BCUT2D eigenvalue weighted by Crippen LogP contribution is 2.36. The highest BCUT2D eigenvalue weighted by Gasteiger charge is 2.44. The number of aryl methyl sites for hydroxylation is 2. The van der Waals surface area contributed by atoms with Crippen molar-refractivity contribution >= 4 is 17.5 Å². The van der Waals surface area contributed by atoms with Crippen molar-refractivity contribution in [2.45, 2.75) is 38.9 Å². The summed E-state index contributed by atoms with van der Waals surface area (Å²) in [6, 6.07) is 14.0. The molecule has 190 valence electrons. The Hall–Kier alpha value is -4.05. The largest absolute Gasteiger partial charge is 0.494 e. The third kappa shape index (κ3) is 4.72. The lowest BCUT2D eigenvalue weighted by atomic mass is 9.86. The monoisotopic (exact) mass is 500 g/mol. The minimum Gasteiger partial charge on any atom is -0.494 e. The molecule has 2 bridgehead atoms. The number of nitrogens with zero attached hydrogens (tertiary/aromatic N) is 6. The second-order valence-corrected chi connectivity index (χ2v) is 9.77. The number of aromatic nitrogens is 5. The van der Waals surface area contributed by atoms with E-state index in [0.29, 0.717) is 29.5 Å². The van der Waals surface area contributed by atoms with Gasteiger partial charge < -0.3 is 15.0 Å². The Bertz CT molecular complexity index is 1410. The maximum Gasteiger partial charge on any atom is 0.165 e. The van der Waals surface area contributed by atoms with E-state index in [4.69, 9.17) is 9.72 Å². The van der Waals surface area contributed by atoms with E-state index < -0.39 is 0 Å². The van der Waals surface area contributed by atoms with Crippen LogP contribution in [-0.4, -0.2) is 62.3 Å². The Morgan fingerprint density at radius 1 is 1.05 bits per heavy atom. The summed E-state index contributed by atoms with van der Waals surface area (Å²) in [5, 5.41) is 10.4. The Balaban J connectivity index is 1.11. The molecule has 7 rings (SSSR count). The van der Waals surface area contributed by atoms with Gasteiger partial charge in [0.05, 0.1) is 7.11 Å². The van der Waals surface area contributed by atoms with E-state index in [1.54, 1.807) is 12.1 Å². The molecule has 0 aliphatic carbocycles. The minimum atomic E-state index is -0.312. The Kier molecular flexibility index (Phi) is 5.96. The maximum atomic E-state index is 14.1. The van der Waals surface area contributed by atoms with Crippen LogP contribution >= 0.6 is 0 Å². The van der Waals surface area contributed by atoms with Crippen molar-refractivity contribution in [2.24, 2.45) is 0 Å². The SMILES string of the molecule is COc1ccc(CN2C3CC2CN(c2ccc(-c4nc(C)cc(Nc5cc(C)[nH]n5)n4)cn2)C3)cc1F. The quantitative estimate of drug-likeness (QED) is 0.389. The van der Waals surface area contributed by atoms with E-state index in [1.165, 1.54) is 7.11 Å². The molecule has 3 aliphatic heterocycles. The van der Waals surface area contributed by atoms with Crippen molar-refractivity contribution in [1.82, 2.24) is 30.0 Å². The van der Waals surface area contributed by atoms with Crippen LogP contribution in [0.1, 0.15) is 23.4 Å². The van der Waals surface area contributed by atoms with Gasteiger partial charge in [0, 0.05) is 67.0 Å². The third-order valence-corrected chi connectivity index (χ3v) is 7.07. The summed E-state index contributed by atoms with van der Waals surface area (Å²) >= 11 is 0. The molecule has 6 heterocycles. The molecule has 37 heavy (non-hydrogen) atoms. The number of fused-ring (bicyclic) bond motifs is 2. The molecule has 2 unspecified atom stereocenters. The van der Waals surface area contributed by atoms with Crippen molar-refractivity contribution in [2.75, 3.05) is 30.4 Å². The minimum absolute atomic E-state index is 0.282. The molecule has 3 aliphatic rings. The topological polar surface area (TPSA) is 95.1 Å². The van der Waals surface area contributed by atoms with Crippen LogP contribution in [0.2, 0.25) is 0 Å². The zero-order valence-corrected chi connectivity index (χ0v) is 21.1. The van der Waals surface area contributed by atoms with Crippen LogP contribution in [0, 0.1) is 19.7 Å². The van der Waals surface area contributed by atoms with Gasteiger partial charge in [0.15, 0.2) is 23.2 Å². The van der Waals surface area contributed by atoms with Gasteiger partial charge in [-0.1, -0.05) is 6.07 Å². The molecule has 4 aromatic rings. The van der Waals surface area contributed by atoms with Crippen molar-refractivity contribution in [1.29, 1.82) is 0 Å². The molecule has 10 heteroatoms. The summed E-state index contributed by atoms with van der Waals surface area (Å²) < 4.78 is 19.2. The molecule has 0 spiro atoms. The fourth-order valence-corrected chi connectivity index (χ4v) is 5.23. The van der Waals surface area contributed by atoms with E-state index >= 15 is 0 Å². The predicted molar refractivity (Wildman–Crippen MR) is 140 cm³/mol. The van der Waals surface area contributed by atoms with E-state index in [9.17, 15) is 4.39 Å². The molecule has 2 N–H and O–H groups in total. The average molecular weight is 501 g/mol. The Morgan fingerprint density at radius 3 is 2.57 bits per heavy atom. The number of H-pyrrole nitrogens is 1. The Labute approximate surface area is 214 Å².